The Kier molecular flexibility index (Phi) is 4.77. The summed E-state index contributed by atoms with van der Waals surface area (Å²) < 4.78 is 4.67. The number of esters is 1. The Morgan fingerprint density at radius 1 is 1.25 bits per heavy atom. The van der Waals surface area contributed by atoms with Crippen molar-refractivity contribution in [3.63, 3.8) is 0 Å². The summed E-state index contributed by atoms with van der Waals surface area (Å²) in [6, 6.07) is 8.16. The highest BCUT2D eigenvalue weighted by Crippen LogP contribution is 2.27. The molecular formula is C16H21NO3. The predicted molar refractivity (Wildman–Crippen MR) is 76.2 cm³/mol. The van der Waals surface area contributed by atoms with E-state index in [2.05, 4.69) is 16.9 Å². The number of ether oxygens (including phenoxy) is 1. The van der Waals surface area contributed by atoms with E-state index in [0.717, 1.165) is 19.3 Å². The molecule has 1 aromatic carbocycles. The van der Waals surface area contributed by atoms with Crippen molar-refractivity contribution in [3.8, 4) is 0 Å². The minimum atomic E-state index is -0.359. The van der Waals surface area contributed by atoms with Crippen LogP contribution in [0.2, 0.25) is 0 Å². The molecule has 0 N–H and O–H groups in total. The Morgan fingerprint density at radius 2 is 1.85 bits per heavy atom. The highest BCUT2D eigenvalue weighted by Gasteiger charge is 2.31. The number of amides is 1. The maximum Gasteiger partial charge on any atom is 0.325 e. The minimum absolute atomic E-state index is 0.0383. The summed E-state index contributed by atoms with van der Waals surface area (Å²) >= 11 is 0. The molecule has 0 saturated carbocycles. The molecule has 1 aliphatic carbocycles. The Morgan fingerprint density at radius 3 is 2.35 bits per heavy atom. The second kappa shape index (κ2) is 6.55. The van der Waals surface area contributed by atoms with Crippen molar-refractivity contribution in [1.82, 2.24) is 4.90 Å². The van der Waals surface area contributed by atoms with Crippen molar-refractivity contribution < 1.29 is 14.3 Å². The van der Waals surface area contributed by atoms with E-state index in [0.29, 0.717) is 6.54 Å². The van der Waals surface area contributed by atoms with Gasteiger partial charge in [0.25, 0.3) is 0 Å². The van der Waals surface area contributed by atoms with Crippen LogP contribution in [0.5, 0.6) is 0 Å². The zero-order chi connectivity index (χ0) is 14.5. The number of benzene rings is 1. The second-order valence-electron chi connectivity index (χ2n) is 5.21. The van der Waals surface area contributed by atoms with Gasteiger partial charge in [-0.2, -0.15) is 0 Å². The van der Waals surface area contributed by atoms with E-state index in [1.54, 1.807) is 4.90 Å². The first-order valence-corrected chi connectivity index (χ1v) is 7.08. The van der Waals surface area contributed by atoms with Crippen LogP contribution in [-0.4, -0.2) is 37.0 Å². The summed E-state index contributed by atoms with van der Waals surface area (Å²) in [6.07, 6.45) is 2.38. The summed E-state index contributed by atoms with van der Waals surface area (Å²) in [5, 5.41) is 0. The topological polar surface area (TPSA) is 46.6 Å². The van der Waals surface area contributed by atoms with Crippen LogP contribution in [0.1, 0.15) is 24.5 Å². The van der Waals surface area contributed by atoms with Crippen LogP contribution in [0.15, 0.2) is 24.3 Å². The number of nitrogens with zero attached hydrogens (tertiary/aromatic N) is 1. The van der Waals surface area contributed by atoms with Crippen molar-refractivity contribution in [2.24, 2.45) is 5.92 Å². The van der Waals surface area contributed by atoms with Gasteiger partial charge in [-0.25, -0.2) is 0 Å². The number of methoxy groups -OCH3 is 1. The molecule has 0 saturated heterocycles. The van der Waals surface area contributed by atoms with Gasteiger partial charge in [-0.3, -0.25) is 9.59 Å². The zero-order valence-electron chi connectivity index (χ0n) is 12.1. The molecule has 0 bridgehead atoms. The summed E-state index contributed by atoms with van der Waals surface area (Å²) in [7, 11) is 1.35. The fourth-order valence-corrected chi connectivity index (χ4v) is 2.75. The lowest BCUT2D eigenvalue weighted by Crippen LogP contribution is -2.40. The average molecular weight is 275 g/mol. The summed E-state index contributed by atoms with van der Waals surface area (Å²) in [5.74, 6) is -0.334. The maximum absolute atomic E-state index is 12.6. The third-order valence-electron chi connectivity index (χ3n) is 3.75. The van der Waals surface area contributed by atoms with Crippen molar-refractivity contribution in [2.75, 3.05) is 20.2 Å². The number of rotatable bonds is 5. The molecule has 0 atom stereocenters. The van der Waals surface area contributed by atoms with Crippen molar-refractivity contribution >= 4 is 11.9 Å². The number of fused-ring (bicyclic) bond motifs is 1. The van der Waals surface area contributed by atoms with Gasteiger partial charge in [-0.05, 0) is 30.4 Å². The molecule has 0 heterocycles. The third kappa shape index (κ3) is 3.18. The fourth-order valence-electron chi connectivity index (χ4n) is 2.75. The molecular weight excluding hydrogens is 254 g/mol. The van der Waals surface area contributed by atoms with E-state index in [9.17, 15) is 9.59 Å². The summed E-state index contributed by atoms with van der Waals surface area (Å²) in [5.41, 5.74) is 2.50. The number of carbonyl (C=O) groups excluding carboxylic acids is 2. The SMILES string of the molecule is CCCN(CC(=O)OC)C(=O)C1Cc2ccccc2C1. The third-order valence-corrected chi connectivity index (χ3v) is 3.75. The first-order valence-electron chi connectivity index (χ1n) is 7.08. The van der Waals surface area contributed by atoms with E-state index in [4.69, 9.17) is 0 Å². The quantitative estimate of drug-likeness (QED) is 0.770. The molecule has 1 aliphatic rings. The highest BCUT2D eigenvalue weighted by atomic mass is 16.5. The Labute approximate surface area is 119 Å². The van der Waals surface area contributed by atoms with Crippen LogP contribution in [0.4, 0.5) is 0 Å². The van der Waals surface area contributed by atoms with Crippen LogP contribution in [0.25, 0.3) is 0 Å². The Bertz CT molecular complexity index is 473. The zero-order valence-corrected chi connectivity index (χ0v) is 12.1. The molecule has 0 spiro atoms. The molecule has 0 radical (unpaired) electrons. The van der Waals surface area contributed by atoms with Gasteiger partial charge in [0.15, 0.2) is 0 Å². The molecule has 20 heavy (non-hydrogen) atoms. The van der Waals surface area contributed by atoms with Crippen LogP contribution >= 0.6 is 0 Å². The van der Waals surface area contributed by atoms with Crippen LogP contribution in [0.3, 0.4) is 0 Å². The molecule has 108 valence electrons. The first kappa shape index (κ1) is 14.6. The number of hydrogen-bond acceptors (Lipinski definition) is 3. The highest BCUT2D eigenvalue weighted by molar-refractivity contribution is 5.84. The fraction of sp³-hybridized carbons (Fsp3) is 0.500. The average Bonchev–Trinajstić information content (AvgIpc) is 2.89. The Hall–Kier alpha value is -1.84. The monoisotopic (exact) mass is 275 g/mol. The van der Waals surface area contributed by atoms with Crippen LogP contribution in [-0.2, 0) is 27.2 Å². The van der Waals surface area contributed by atoms with E-state index in [1.807, 2.05) is 19.1 Å². The Balaban J connectivity index is 2.04. The molecule has 0 fully saturated rings. The van der Waals surface area contributed by atoms with Crippen LogP contribution < -0.4 is 0 Å². The normalized spacial score (nSPS) is 13.9. The molecule has 0 unspecified atom stereocenters. The predicted octanol–water partition coefficient (Wildman–Crippen LogP) is 1.81. The van der Waals surface area contributed by atoms with E-state index in [-0.39, 0.29) is 24.3 Å². The molecule has 1 amide bonds. The van der Waals surface area contributed by atoms with Gasteiger partial charge in [-0.1, -0.05) is 31.2 Å². The molecule has 1 aromatic rings. The lowest BCUT2D eigenvalue weighted by molar-refractivity contribution is -0.148. The lowest BCUT2D eigenvalue weighted by Gasteiger charge is -2.24. The molecule has 2 rings (SSSR count). The van der Waals surface area contributed by atoms with E-state index >= 15 is 0 Å². The number of hydrogen-bond donors (Lipinski definition) is 0. The first-order chi connectivity index (χ1) is 9.65. The second-order valence-corrected chi connectivity index (χ2v) is 5.21. The standard InChI is InChI=1S/C16H21NO3/c1-3-8-17(11-15(18)20-2)16(19)14-9-12-6-4-5-7-13(12)10-14/h4-7,14H,3,8-11H2,1-2H3. The van der Waals surface area contributed by atoms with Gasteiger partial charge in [0.05, 0.1) is 7.11 Å². The number of carbonyl (C=O) groups is 2. The van der Waals surface area contributed by atoms with Crippen LogP contribution in [0, 0.1) is 5.92 Å². The van der Waals surface area contributed by atoms with Gasteiger partial charge >= 0.3 is 5.97 Å². The summed E-state index contributed by atoms with van der Waals surface area (Å²) in [6.45, 7) is 2.65. The van der Waals surface area contributed by atoms with E-state index < -0.39 is 0 Å². The largest absolute Gasteiger partial charge is 0.468 e. The lowest BCUT2D eigenvalue weighted by atomic mass is 10.0. The smallest absolute Gasteiger partial charge is 0.325 e. The molecule has 4 nitrogen and oxygen atoms in total. The molecule has 0 aromatic heterocycles. The van der Waals surface area contributed by atoms with Gasteiger partial charge < -0.3 is 9.64 Å². The van der Waals surface area contributed by atoms with Crippen molar-refractivity contribution in [1.29, 1.82) is 0 Å². The van der Waals surface area contributed by atoms with Crippen molar-refractivity contribution in [3.05, 3.63) is 35.4 Å². The van der Waals surface area contributed by atoms with Gasteiger partial charge in [0.1, 0.15) is 6.54 Å². The summed E-state index contributed by atoms with van der Waals surface area (Å²) in [4.78, 5) is 25.6. The van der Waals surface area contributed by atoms with Gasteiger partial charge in [0, 0.05) is 12.5 Å². The maximum atomic E-state index is 12.6. The minimum Gasteiger partial charge on any atom is -0.468 e. The van der Waals surface area contributed by atoms with Gasteiger partial charge in [0.2, 0.25) is 5.91 Å². The van der Waals surface area contributed by atoms with Crippen molar-refractivity contribution in [2.45, 2.75) is 26.2 Å². The van der Waals surface area contributed by atoms with Gasteiger partial charge in [-0.15, -0.1) is 0 Å². The molecule has 4 heteroatoms. The van der Waals surface area contributed by atoms with E-state index in [1.165, 1.54) is 18.2 Å². The molecule has 0 aliphatic heterocycles.